The van der Waals surface area contributed by atoms with Gasteiger partial charge in [-0.1, -0.05) is 18.5 Å². The van der Waals surface area contributed by atoms with Gasteiger partial charge in [-0.05, 0) is 11.8 Å². The van der Waals surface area contributed by atoms with Gasteiger partial charge in [-0.15, -0.1) is 0 Å². The first-order valence-corrected chi connectivity index (χ1v) is 7.68. The molecule has 1 amide bonds. The van der Waals surface area contributed by atoms with E-state index in [0.717, 1.165) is 5.69 Å². The Morgan fingerprint density at radius 2 is 2.21 bits per heavy atom. The highest BCUT2D eigenvalue weighted by Gasteiger charge is 2.24. The van der Waals surface area contributed by atoms with Gasteiger partial charge >= 0.3 is 5.82 Å². The lowest BCUT2D eigenvalue weighted by Crippen LogP contribution is -2.34. The predicted octanol–water partition coefficient (Wildman–Crippen LogP) is 1.78. The molecule has 9 nitrogen and oxygen atoms in total. The number of nitro groups is 1. The molecule has 2 heterocycles. The van der Waals surface area contributed by atoms with Crippen LogP contribution in [0.1, 0.15) is 18.3 Å². The number of hydrogen-bond donors (Lipinski definition) is 0. The van der Waals surface area contributed by atoms with Crippen LogP contribution in [0.3, 0.4) is 0 Å². The van der Waals surface area contributed by atoms with Crippen molar-refractivity contribution < 1.29 is 9.72 Å². The van der Waals surface area contributed by atoms with E-state index in [1.54, 1.807) is 37.5 Å². The average Bonchev–Trinajstić information content (AvgIpc) is 3.03. The number of aromatic nitrogens is 4. The highest BCUT2D eigenvalue weighted by molar-refractivity contribution is 6.31. The van der Waals surface area contributed by atoms with Crippen molar-refractivity contribution in [2.45, 2.75) is 26.9 Å². The van der Waals surface area contributed by atoms with Gasteiger partial charge in [0.2, 0.25) is 5.91 Å². The molecule has 1 atom stereocenters. The second kappa shape index (κ2) is 7.00. The second-order valence-corrected chi connectivity index (χ2v) is 6.15. The maximum absolute atomic E-state index is 12.5. The number of rotatable bonds is 6. The van der Waals surface area contributed by atoms with E-state index in [9.17, 15) is 14.9 Å². The molecule has 0 fully saturated rings. The number of carbonyl (C=O) groups excluding carboxylic acids is 1. The molecular weight excluding hydrogens is 336 g/mol. The molecule has 0 saturated carbocycles. The van der Waals surface area contributed by atoms with Crippen molar-refractivity contribution in [3.05, 3.63) is 38.8 Å². The number of aryl methyl sites for hydroxylation is 2. The SMILES string of the molecule is Cc1cc([N+](=O)[O-])nn1CC(C)C(=O)N(C)Cc1c(Cl)cnn1C. The molecule has 0 aliphatic heterocycles. The third kappa shape index (κ3) is 3.73. The molecule has 2 rings (SSSR count). The van der Waals surface area contributed by atoms with Crippen LogP contribution < -0.4 is 0 Å². The summed E-state index contributed by atoms with van der Waals surface area (Å²) in [6.07, 6.45) is 1.53. The number of carbonyl (C=O) groups is 1. The summed E-state index contributed by atoms with van der Waals surface area (Å²) in [5.74, 6) is -0.716. The number of hydrogen-bond acceptors (Lipinski definition) is 5. The van der Waals surface area contributed by atoms with Crippen molar-refractivity contribution in [1.82, 2.24) is 24.5 Å². The Balaban J connectivity index is 2.05. The van der Waals surface area contributed by atoms with E-state index in [2.05, 4.69) is 10.2 Å². The molecule has 1 unspecified atom stereocenters. The minimum atomic E-state index is -0.549. The summed E-state index contributed by atoms with van der Waals surface area (Å²) in [6.45, 7) is 4.08. The molecule has 0 radical (unpaired) electrons. The minimum absolute atomic E-state index is 0.107. The molecule has 0 bridgehead atoms. The minimum Gasteiger partial charge on any atom is -0.358 e. The zero-order chi connectivity index (χ0) is 18.0. The van der Waals surface area contributed by atoms with Gasteiger partial charge in [0.05, 0.1) is 52.8 Å². The summed E-state index contributed by atoms with van der Waals surface area (Å²) in [6, 6.07) is 1.39. The van der Waals surface area contributed by atoms with Crippen molar-refractivity contribution in [3.63, 3.8) is 0 Å². The van der Waals surface area contributed by atoms with Crippen molar-refractivity contribution in [3.8, 4) is 0 Å². The van der Waals surface area contributed by atoms with Gasteiger partial charge in [0.15, 0.2) is 0 Å². The van der Waals surface area contributed by atoms with Crippen LogP contribution in [0.25, 0.3) is 0 Å². The maximum atomic E-state index is 12.5. The Morgan fingerprint density at radius 1 is 1.54 bits per heavy atom. The fraction of sp³-hybridized carbons (Fsp3) is 0.500. The van der Waals surface area contributed by atoms with E-state index in [0.29, 0.717) is 17.3 Å². The van der Waals surface area contributed by atoms with Crippen LogP contribution in [0, 0.1) is 23.0 Å². The first-order chi connectivity index (χ1) is 11.2. The van der Waals surface area contributed by atoms with Gasteiger partial charge in [0.25, 0.3) is 0 Å². The standard InChI is InChI=1S/C14H19ClN6O3/c1-9(7-20-10(2)5-13(17-20)21(23)24)14(22)18(3)8-12-11(15)6-16-19(12)4/h5-6,9H,7-8H2,1-4H3. The zero-order valence-electron chi connectivity index (χ0n) is 13.9. The van der Waals surface area contributed by atoms with Crippen LogP contribution in [-0.2, 0) is 24.9 Å². The van der Waals surface area contributed by atoms with Crippen LogP contribution in [0.2, 0.25) is 5.02 Å². The van der Waals surface area contributed by atoms with Gasteiger partial charge in [0.1, 0.15) is 0 Å². The first-order valence-electron chi connectivity index (χ1n) is 7.31. The van der Waals surface area contributed by atoms with E-state index < -0.39 is 4.92 Å². The molecule has 2 aromatic heterocycles. The van der Waals surface area contributed by atoms with Gasteiger partial charge in [-0.3, -0.25) is 9.48 Å². The molecule has 2 aromatic rings. The highest BCUT2D eigenvalue weighted by Crippen LogP contribution is 2.18. The molecule has 0 aliphatic rings. The Morgan fingerprint density at radius 3 is 2.71 bits per heavy atom. The Labute approximate surface area is 144 Å². The molecular formula is C14H19ClN6O3. The van der Waals surface area contributed by atoms with Crippen LogP contribution >= 0.6 is 11.6 Å². The van der Waals surface area contributed by atoms with Gasteiger partial charge in [-0.2, -0.15) is 9.78 Å². The van der Waals surface area contributed by atoms with Crippen molar-refractivity contribution >= 4 is 23.3 Å². The Bertz CT molecular complexity index is 749. The lowest BCUT2D eigenvalue weighted by molar-refractivity contribution is -0.389. The topological polar surface area (TPSA) is 99.1 Å². The van der Waals surface area contributed by atoms with E-state index >= 15 is 0 Å². The number of nitrogens with zero attached hydrogens (tertiary/aromatic N) is 6. The van der Waals surface area contributed by atoms with Crippen LogP contribution in [0.15, 0.2) is 12.3 Å². The summed E-state index contributed by atoms with van der Waals surface area (Å²) in [7, 11) is 3.44. The monoisotopic (exact) mass is 354 g/mol. The summed E-state index contributed by atoms with van der Waals surface area (Å²) in [4.78, 5) is 24.3. The third-order valence-electron chi connectivity index (χ3n) is 3.80. The third-order valence-corrected chi connectivity index (χ3v) is 4.11. The van der Waals surface area contributed by atoms with E-state index in [4.69, 9.17) is 11.6 Å². The summed E-state index contributed by atoms with van der Waals surface area (Å²) in [5, 5.41) is 19.2. The smallest absolute Gasteiger partial charge is 0.358 e. The van der Waals surface area contributed by atoms with Gasteiger partial charge in [-0.25, -0.2) is 0 Å². The molecule has 0 saturated heterocycles. The van der Waals surface area contributed by atoms with E-state index in [1.807, 2.05) is 0 Å². The number of amides is 1. The summed E-state index contributed by atoms with van der Waals surface area (Å²) in [5.41, 5.74) is 1.38. The maximum Gasteiger partial charge on any atom is 0.390 e. The number of halogens is 1. The van der Waals surface area contributed by atoms with Crippen molar-refractivity contribution in [2.24, 2.45) is 13.0 Å². The molecule has 0 spiro atoms. The summed E-state index contributed by atoms with van der Waals surface area (Å²) >= 11 is 6.06. The predicted molar refractivity (Wildman–Crippen MR) is 87.5 cm³/mol. The zero-order valence-corrected chi connectivity index (χ0v) is 14.7. The fourth-order valence-electron chi connectivity index (χ4n) is 2.40. The molecule has 10 heteroatoms. The summed E-state index contributed by atoms with van der Waals surface area (Å²) < 4.78 is 3.10. The van der Waals surface area contributed by atoms with Crippen molar-refractivity contribution in [1.29, 1.82) is 0 Å². The lowest BCUT2D eigenvalue weighted by atomic mass is 10.1. The van der Waals surface area contributed by atoms with Crippen molar-refractivity contribution in [2.75, 3.05) is 7.05 Å². The normalized spacial score (nSPS) is 12.2. The average molecular weight is 355 g/mol. The van der Waals surface area contributed by atoms with Gasteiger partial charge < -0.3 is 15.0 Å². The molecule has 0 aromatic carbocycles. The van der Waals surface area contributed by atoms with Crippen LogP contribution in [0.4, 0.5) is 5.82 Å². The molecule has 130 valence electrons. The van der Waals surface area contributed by atoms with E-state index in [1.165, 1.54) is 16.9 Å². The fourth-order valence-corrected chi connectivity index (χ4v) is 2.62. The first kappa shape index (κ1) is 17.9. The van der Waals surface area contributed by atoms with E-state index in [-0.39, 0.29) is 24.2 Å². The molecule has 0 N–H and O–H groups in total. The molecule has 24 heavy (non-hydrogen) atoms. The Kier molecular flexibility index (Phi) is 5.23. The van der Waals surface area contributed by atoms with Crippen LogP contribution in [-0.4, -0.2) is 42.3 Å². The lowest BCUT2D eigenvalue weighted by Gasteiger charge is -2.21. The largest absolute Gasteiger partial charge is 0.390 e. The Hall–Kier alpha value is -2.42. The molecule has 0 aliphatic carbocycles. The quantitative estimate of drug-likeness (QED) is 0.581. The van der Waals surface area contributed by atoms with Gasteiger partial charge in [0, 0.05) is 14.1 Å². The van der Waals surface area contributed by atoms with Crippen LogP contribution in [0.5, 0.6) is 0 Å². The second-order valence-electron chi connectivity index (χ2n) is 5.74. The highest BCUT2D eigenvalue weighted by atomic mass is 35.5.